The third kappa shape index (κ3) is 3.34. The van der Waals surface area contributed by atoms with E-state index in [-0.39, 0.29) is 0 Å². The molecule has 0 aliphatic carbocycles. The average Bonchev–Trinajstić information content (AvgIpc) is 2.34. The van der Waals surface area contributed by atoms with Gasteiger partial charge >= 0.3 is 0 Å². The Labute approximate surface area is 119 Å². The molecule has 0 saturated carbocycles. The molecule has 0 aromatic heterocycles. The van der Waals surface area contributed by atoms with Gasteiger partial charge in [-0.25, -0.2) is 10.4 Å². The highest BCUT2D eigenvalue weighted by Crippen LogP contribution is 2.23. The van der Waals surface area contributed by atoms with E-state index in [0.29, 0.717) is 18.1 Å². The molecule has 1 heterocycles. The molecule has 1 fully saturated rings. The van der Waals surface area contributed by atoms with Gasteiger partial charge < -0.3 is 0 Å². The van der Waals surface area contributed by atoms with Gasteiger partial charge in [0, 0.05) is 22.6 Å². The molecule has 3 heteroatoms. The van der Waals surface area contributed by atoms with Crippen molar-refractivity contribution in [2.45, 2.75) is 58.2 Å². The van der Waals surface area contributed by atoms with Crippen LogP contribution in [0.1, 0.15) is 51.6 Å². The summed E-state index contributed by atoms with van der Waals surface area (Å²) in [6.07, 6.45) is 3.95. The van der Waals surface area contributed by atoms with Crippen LogP contribution in [0, 0.1) is 0 Å². The van der Waals surface area contributed by atoms with Gasteiger partial charge in [-0.3, -0.25) is 0 Å². The van der Waals surface area contributed by atoms with Crippen molar-refractivity contribution in [3.63, 3.8) is 0 Å². The summed E-state index contributed by atoms with van der Waals surface area (Å²) in [6, 6.07) is 10.2. The molecular formula is C15H23BrN2. The maximum Gasteiger partial charge on any atom is 0.0436 e. The number of piperidine rings is 1. The van der Waals surface area contributed by atoms with E-state index in [9.17, 15) is 0 Å². The van der Waals surface area contributed by atoms with Crippen LogP contribution in [0.2, 0.25) is 0 Å². The minimum absolute atomic E-state index is 0.362. The van der Waals surface area contributed by atoms with Crippen LogP contribution in [0.3, 0.4) is 0 Å². The van der Waals surface area contributed by atoms with Gasteiger partial charge in [-0.2, -0.15) is 0 Å². The number of nitrogens with one attached hydrogen (secondary N) is 1. The van der Waals surface area contributed by atoms with Gasteiger partial charge in [0.2, 0.25) is 0 Å². The Morgan fingerprint density at radius 1 is 1.17 bits per heavy atom. The zero-order valence-electron chi connectivity index (χ0n) is 11.5. The molecule has 0 bridgehead atoms. The zero-order chi connectivity index (χ0) is 13.1. The molecule has 1 aromatic rings. The Balaban J connectivity index is 2.01. The third-order valence-corrected chi connectivity index (χ3v) is 4.43. The number of nitrogens with zero attached hydrogens (tertiary/aromatic N) is 1. The first-order chi connectivity index (χ1) is 8.58. The fraction of sp³-hybridized carbons (Fsp3) is 0.600. The number of halogens is 1. The van der Waals surface area contributed by atoms with Crippen LogP contribution in [0.4, 0.5) is 0 Å². The summed E-state index contributed by atoms with van der Waals surface area (Å²) in [5.74, 6) is 0. The van der Waals surface area contributed by atoms with Crippen LogP contribution in [0.15, 0.2) is 28.7 Å². The van der Waals surface area contributed by atoms with E-state index in [1.54, 1.807) is 0 Å². The Morgan fingerprint density at radius 3 is 2.28 bits per heavy atom. The molecular weight excluding hydrogens is 288 g/mol. The molecule has 0 spiro atoms. The van der Waals surface area contributed by atoms with Crippen molar-refractivity contribution in [2.24, 2.45) is 0 Å². The highest BCUT2D eigenvalue weighted by molar-refractivity contribution is 9.10. The van der Waals surface area contributed by atoms with Crippen molar-refractivity contribution in [3.8, 4) is 0 Å². The molecule has 3 atom stereocenters. The molecule has 1 saturated heterocycles. The van der Waals surface area contributed by atoms with Crippen LogP contribution in [-0.2, 0) is 0 Å². The van der Waals surface area contributed by atoms with E-state index in [4.69, 9.17) is 0 Å². The lowest BCUT2D eigenvalue weighted by molar-refractivity contribution is 0.0320. The van der Waals surface area contributed by atoms with E-state index in [1.165, 1.54) is 24.8 Å². The SMILES string of the molecule is CC(NN1C(C)CCCC1C)c1ccc(Br)cc1. The van der Waals surface area contributed by atoms with E-state index in [2.05, 4.69) is 71.4 Å². The number of benzene rings is 1. The van der Waals surface area contributed by atoms with Gasteiger partial charge in [-0.05, 0) is 51.3 Å². The molecule has 3 unspecified atom stereocenters. The topological polar surface area (TPSA) is 15.3 Å². The van der Waals surface area contributed by atoms with E-state index >= 15 is 0 Å². The summed E-state index contributed by atoms with van der Waals surface area (Å²) in [7, 11) is 0. The van der Waals surface area contributed by atoms with Gasteiger partial charge in [0.1, 0.15) is 0 Å². The highest BCUT2D eigenvalue weighted by atomic mass is 79.9. The monoisotopic (exact) mass is 310 g/mol. The molecule has 18 heavy (non-hydrogen) atoms. The predicted molar refractivity (Wildman–Crippen MR) is 80.3 cm³/mol. The van der Waals surface area contributed by atoms with Crippen molar-refractivity contribution < 1.29 is 0 Å². The van der Waals surface area contributed by atoms with Crippen molar-refractivity contribution in [1.82, 2.24) is 10.4 Å². The maximum atomic E-state index is 3.67. The summed E-state index contributed by atoms with van der Waals surface area (Å²) in [6.45, 7) is 6.87. The Morgan fingerprint density at radius 2 is 1.72 bits per heavy atom. The molecule has 0 radical (unpaired) electrons. The number of hydrogen-bond acceptors (Lipinski definition) is 2. The van der Waals surface area contributed by atoms with Crippen molar-refractivity contribution in [3.05, 3.63) is 34.3 Å². The van der Waals surface area contributed by atoms with Gasteiger partial charge in [0.15, 0.2) is 0 Å². The van der Waals surface area contributed by atoms with Crippen LogP contribution in [0.5, 0.6) is 0 Å². The summed E-state index contributed by atoms with van der Waals surface area (Å²) < 4.78 is 1.14. The molecule has 1 N–H and O–H groups in total. The Kier molecular flexibility index (Phi) is 4.82. The fourth-order valence-electron chi connectivity index (χ4n) is 2.73. The minimum atomic E-state index is 0.362. The summed E-state index contributed by atoms with van der Waals surface area (Å²) in [4.78, 5) is 0. The predicted octanol–water partition coefficient (Wildman–Crippen LogP) is 4.28. The van der Waals surface area contributed by atoms with Crippen LogP contribution < -0.4 is 5.43 Å². The highest BCUT2D eigenvalue weighted by Gasteiger charge is 2.25. The lowest BCUT2D eigenvalue weighted by Gasteiger charge is -2.41. The summed E-state index contributed by atoms with van der Waals surface area (Å²) >= 11 is 3.48. The van der Waals surface area contributed by atoms with E-state index < -0.39 is 0 Å². The average molecular weight is 311 g/mol. The van der Waals surface area contributed by atoms with Gasteiger partial charge in [0.25, 0.3) is 0 Å². The first kappa shape index (κ1) is 14.0. The first-order valence-corrected chi connectivity index (χ1v) is 7.67. The first-order valence-electron chi connectivity index (χ1n) is 6.88. The zero-order valence-corrected chi connectivity index (χ0v) is 13.1. The largest absolute Gasteiger partial charge is 0.247 e. The molecule has 100 valence electrons. The molecule has 1 aliphatic heterocycles. The second-order valence-electron chi connectivity index (χ2n) is 5.44. The molecule has 2 nitrogen and oxygen atoms in total. The number of rotatable bonds is 3. The van der Waals surface area contributed by atoms with Gasteiger partial charge in [-0.1, -0.05) is 34.5 Å². The minimum Gasteiger partial charge on any atom is -0.247 e. The number of hydrazine groups is 1. The normalized spacial score (nSPS) is 27.1. The summed E-state index contributed by atoms with van der Waals surface area (Å²) in [5.41, 5.74) is 5.01. The van der Waals surface area contributed by atoms with Crippen molar-refractivity contribution >= 4 is 15.9 Å². The quantitative estimate of drug-likeness (QED) is 0.896. The van der Waals surface area contributed by atoms with Crippen molar-refractivity contribution in [2.75, 3.05) is 0 Å². The fourth-order valence-corrected chi connectivity index (χ4v) is 2.99. The van der Waals surface area contributed by atoms with E-state index in [0.717, 1.165) is 4.47 Å². The smallest absolute Gasteiger partial charge is 0.0436 e. The van der Waals surface area contributed by atoms with Crippen LogP contribution in [0.25, 0.3) is 0 Å². The maximum absolute atomic E-state index is 3.67. The number of hydrogen-bond donors (Lipinski definition) is 1. The van der Waals surface area contributed by atoms with Gasteiger partial charge in [-0.15, -0.1) is 0 Å². The Hall–Kier alpha value is -0.380. The summed E-state index contributed by atoms with van der Waals surface area (Å²) in [5, 5.41) is 2.44. The lowest BCUT2D eigenvalue weighted by Crippen LogP contribution is -2.52. The Bertz CT molecular complexity index is 367. The van der Waals surface area contributed by atoms with Crippen LogP contribution >= 0.6 is 15.9 Å². The third-order valence-electron chi connectivity index (χ3n) is 3.91. The van der Waals surface area contributed by atoms with E-state index in [1.807, 2.05) is 0 Å². The molecule has 0 amide bonds. The molecule has 1 aliphatic rings. The molecule has 2 rings (SSSR count). The second kappa shape index (κ2) is 6.18. The second-order valence-corrected chi connectivity index (χ2v) is 6.35. The lowest BCUT2D eigenvalue weighted by atomic mass is 9.99. The van der Waals surface area contributed by atoms with Crippen LogP contribution in [-0.4, -0.2) is 17.1 Å². The van der Waals surface area contributed by atoms with Crippen molar-refractivity contribution in [1.29, 1.82) is 0 Å². The standard InChI is InChI=1S/C15H23BrN2/c1-11-5-4-6-12(2)18(11)17-13(3)14-7-9-15(16)10-8-14/h7-13,17H,4-6H2,1-3H3. The van der Waals surface area contributed by atoms with Gasteiger partial charge in [0.05, 0.1) is 0 Å². The molecule has 1 aromatic carbocycles.